The minimum atomic E-state index is -0.0672. The molecule has 180 valence electrons. The Morgan fingerprint density at radius 2 is 1.94 bits per heavy atom. The quantitative estimate of drug-likeness (QED) is 0.589. The summed E-state index contributed by atoms with van der Waals surface area (Å²) in [5.41, 5.74) is 2.08. The molecule has 1 aliphatic heterocycles. The molecule has 0 radical (unpaired) electrons. The lowest BCUT2D eigenvalue weighted by atomic mass is 9.88. The third-order valence-electron chi connectivity index (χ3n) is 5.89. The first-order valence-electron chi connectivity index (χ1n) is 11.6. The maximum Gasteiger partial charge on any atom is 0.224 e. The van der Waals surface area contributed by atoms with Crippen LogP contribution in [0.25, 0.3) is 0 Å². The number of pyridine rings is 1. The van der Waals surface area contributed by atoms with E-state index < -0.39 is 0 Å². The molecule has 33 heavy (non-hydrogen) atoms. The van der Waals surface area contributed by atoms with Gasteiger partial charge in [0.15, 0.2) is 11.5 Å². The van der Waals surface area contributed by atoms with Gasteiger partial charge in [-0.2, -0.15) is 0 Å². The van der Waals surface area contributed by atoms with Crippen LogP contribution in [-0.4, -0.2) is 56.3 Å². The van der Waals surface area contributed by atoms with E-state index in [9.17, 15) is 4.79 Å². The third kappa shape index (κ3) is 7.35. The van der Waals surface area contributed by atoms with Crippen LogP contribution >= 0.6 is 0 Å². The molecule has 0 unspecified atom stereocenters. The molecule has 1 aromatic carbocycles. The highest BCUT2D eigenvalue weighted by Crippen LogP contribution is 2.30. The van der Waals surface area contributed by atoms with E-state index in [0.717, 1.165) is 43.1 Å². The van der Waals surface area contributed by atoms with E-state index in [1.165, 1.54) is 0 Å². The van der Waals surface area contributed by atoms with Crippen molar-refractivity contribution in [2.24, 2.45) is 17.8 Å². The number of nitrogens with zero attached hydrogens (tertiary/aromatic N) is 2. The zero-order valence-corrected chi connectivity index (χ0v) is 20.5. The average Bonchev–Trinajstić information content (AvgIpc) is 2.81. The summed E-state index contributed by atoms with van der Waals surface area (Å²) in [5, 5.41) is 3.12. The van der Waals surface area contributed by atoms with Crippen molar-refractivity contribution in [1.29, 1.82) is 0 Å². The predicted octanol–water partition coefficient (Wildman–Crippen LogP) is 3.70. The molecule has 1 N–H and O–H groups in total. The van der Waals surface area contributed by atoms with E-state index in [0.29, 0.717) is 30.6 Å². The zero-order chi connectivity index (χ0) is 23.8. The molecular formula is C26H37N3O4. The highest BCUT2D eigenvalue weighted by molar-refractivity contribution is 5.79. The average molecular weight is 456 g/mol. The fraction of sp³-hybridized carbons (Fsp3) is 0.538. The molecule has 2 aromatic rings. The van der Waals surface area contributed by atoms with Gasteiger partial charge in [0.2, 0.25) is 5.91 Å². The lowest BCUT2D eigenvalue weighted by Gasteiger charge is -2.37. The fourth-order valence-corrected chi connectivity index (χ4v) is 4.18. The van der Waals surface area contributed by atoms with Crippen LogP contribution in [0.3, 0.4) is 0 Å². The van der Waals surface area contributed by atoms with Crippen LogP contribution in [-0.2, 0) is 11.3 Å². The van der Waals surface area contributed by atoms with Gasteiger partial charge in [-0.1, -0.05) is 19.9 Å². The molecule has 2 heterocycles. The maximum atomic E-state index is 12.9. The smallest absolute Gasteiger partial charge is 0.224 e. The Labute approximate surface area is 197 Å². The second-order valence-electron chi connectivity index (χ2n) is 9.27. The highest BCUT2D eigenvalue weighted by Gasteiger charge is 2.32. The van der Waals surface area contributed by atoms with E-state index in [-0.39, 0.29) is 17.7 Å². The monoisotopic (exact) mass is 455 g/mol. The summed E-state index contributed by atoms with van der Waals surface area (Å²) < 4.78 is 16.9. The Hall–Kier alpha value is -2.80. The van der Waals surface area contributed by atoms with Gasteiger partial charge < -0.3 is 19.5 Å². The van der Waals surface area contributed by atoms with Gasteiger partial charge in [0, 0.05) is 37.8 Å². The van der Waals surface area contributed by atoms with Gasteiger partial charge in [-0.3, -0.25) is 14.7 Å². The number of hydrogen-bond acceptors (Lipinski definition) is 6. The first-order valence-corrected chi connectivity index (χ1v) is 11.6. The molecule has 1 fully saturated rings. The van der Waals surface area contributed by atoms with Gasteiger partial charge in [0.05, 0.1) is 32.9 Å². The molecule has 1 aromatic heterocycles. The number of ether oxygens (including phenoxy) is 3. The van der Waals surface area contributed by atoms with Crippen molar-refractivity contribution in [2.45, 2.75) is 33.7 Å². The van der Waals surface area contributed by atoms with Crippen molar-refractivity contribution in [3.05, 3.63) is 47.8 Å². The molecule has 7 heteroatoms. The van der Waals surface area contributed by atoms with E-state index in [1.807, 2.05) is 37.3 Å². The molecule has 7 nitrogen and oxygen atoms in total. The number of nitrogens with one attached hydrogen (secondary N) is 1. The summed E-state index contributed by atoms with van der Waals surface area (Å²) in [6.07, 6.45) is 2.57. The summed E-state index contributed by atoms with van der Waals surface area (Å²) in [7, 11) is 3.28. The number of aryl methyl sites for hydroxylation is 1. The molecule has 0 bridgehead atoms. The van der Waals surface area contributed by atoms with Crippen LogP contribution in [0.4, 0.5) is 0 Å². The van der Waals surface area contributed by atoms with Gasteiger partial charge in [0.25, 0.3) is 0 Å². The first kappa shape index (κ1) is 24.8. The van der Waals surface area contributed by atoms with E-state index >= 15 is 0 Å². The minimum absolute atomic E-state index is 0.0672. The normalized spacial score (nSPS) is 18.7. The molecular weight excluding hydrogens is 418 g/mol. The molecule has 1 amide bonds. The highest BCUT2D eigenvalue weighted by atomic mass is 16.5. The van der Waals surface area contributed by atoms with Crippen molar-refractivity contribution >= 4 is 5.91 Å². The van der Waals surface area contributed by atoms with E-state index in [4.69, 9.17) is 14.2 Å². The van der Waals surface area contributed by atoms with Crippen molar-refractivity contribution < 1.29 is 19.0 Å². The van der Waals surface area contributed by atoms with Gasteiger partial charge in [0.1, 0.15) is 5.75 Å². The van der Waals surface area contributed by atoms with Crippen LogP contribution in [0.1, 0.15) is 31.5 Å². The number of methoxy groups -OCH3 is 2. The van der Waals surface area contributed by atoms with E-state index in [2.05, 4.69) is 29.0 Å². The number of carbonyl (C=O) groups is 1. The number of piperidine rings is 1. The Morgan fingerprint density at radius 1 is 1.15 bits per heavy atom. The number of amides is 1. The standard InChI is InChI=1S/C26H37N3O4/c1-18(2)12-28-26(30)22-10-21(17-33-23-8-6-19(3)27-13-23)15-29(16-22)14-20-7-9-24(31-4)25(11-20)32-5/h6-9,11,13,18,21-22H,10,12,14-17H2,1-5H3,(H,28,30)/t21-,22+/m0/s1. The number of rotatable bonds is 10. The van der Waals surface area contributed by atoms with Crippen LogP contribution < -0.4 is 19.5 Å². The summed E-state index contributed by atoms with van der Waals surface area (Å²) in [4.78, 5) is 19.6. The van der Waals surface area contributed by atoms with Crippen molar-refractivity contribution in [3.63, 3.8) is 0 Å². The summed E-state index contributed by atoms with van der Waals surface area (Å²) in [6.45, 7) is 9.74. The SMILES string of the molecule is COc1ccc(CN2C[C@@H](COc3ccc(C)nc3)C[C@@H](C(=O)NCC(C)C)C2)cc1OC. The molecule has 0 spiro atoms. The van der Waals surface area contributed by atoms with Crippen LogP contribution in [0.5, 0.6) is 17.2 Å². The number of benzene rings is 1. The zero-order valence-electron chi connectivity index (χ0n) is 20.5. The number of aromatic nitrogens is 1. The molecule has 0 aliphatic carbocycles. The molecule has 2 atom stereocenters. The Bertz CT molecular complexity index is 901. The molecule has 1 aliphatic rings. The van der Waals surface area contributed by atoms with Crippen molar-refractivity contribution in [1.82, 2.24) is 15.2 Å². The van der Waals surface area contributed by atoms with Gasteiger partial charge in [-0.25, -0.2) is 0 Å². The van der Waals surface area contributed by atoms with Crippen LogP contribution in [0, 0.1) is 24.7 Å². The second-order valence-corrected chi connectivity index (χ2v) is 9.27. The second kappa shape index (κ2) is 11.9. The lowest BCUT2D eigenvalue weighted by Crippen LogP contribution is -2.47. The first-order chi connectivity index (χ1) is 15.9. The fourth-order valence-electron chi connectivity index (χ4n) is 4.18. The summed E-state index contributed by atoms with van der Waals surface area (Å²) in [6, 6.07) is 9.87. The largest absolute Gasteiger partial charge is 0.493 e. The topological polar surface area (TPSA) is 72.9 Å². The minimum Gasteiger partial charge on any atom is -0.493 e. The Balaban J connectivity index is 1.69. The Morgan fingerprint density at radius 3 is 2.61 bits per heavy atom. The number of hydrogen-bond donors (Lipinski definition) is 1. The molecule has 0 saturated carbocycles. The lowest BCUT2D eigenvalue weighted by molar-refractivity contribution is -0.128. The third-order valence-corrected chi connectivity index (χ3v) is 5.89. The van der Waals surface area contributed by atoms with Crippen molar-refractivity contribution in [3.8, 4) is 17.2 Å². The molecule has 3 rings (SSSR count). The molecule has 1 saturated heterocycles. The van der Waals surface area contributed by atoms with Crippen LogP contribution in [0.2, 0.25) is 0 Å². The van der Waals surface area contributed by atoms with Gasteiger partial charge in [-0.15, -0.1) is 0 Å². The number of likely N-dealkylation sites (tertiary alicyclic amines) is 1. The number of carbonyl (C=O) groups excluding carboxylic acids is 1. The predicted molar refractivity (Wildman–Crippen MR) is 129 cm³/mol. The Kier molecular flexibility index (Phi) is 8.95. The maximum absolute atomic E-state index is 12.9. The summed E-state index contributed by atoms with van der Waals surface area (Å²) in [5.74, 6) is 2.92. The van der Waals surface area contributed by atoms with Crippen LogP contribution in [0.15, 0.2) is 36.5 Å². The van der Waals surface area contributed by atoms with Gasteiger partial charge in [-0.05, 0) is 49.1 Å². The van der Waals surface area contributed by atoms with Gasteiger partial charge >= 0.3 is 0 Å². The van der Waals surface area contributed by atoms with Crippen molar-refractivity contribution in [2.75, 3.05) is 40.5 Å². The van der Waals surface area contributed by atoms with E-state index in [1.54, 1.807) is 20.4 Å². The summed E-state index contributed by atoms with van der Waals surface area (Å²) >= 11 is 0.